The lowest BCUT2D eigenvalue weighted by Gasteiger charge is -2.26. The molecule has 1 aliphatic rings. The van der Waals surface area contributed by atoms with Gasteiger partial charge in [0.25, 0.3) is 0 Å². The summed E-state index contributed by atoms with van der Waals surface area (Å²) >= 11 is 0. The Morgan fingerprint density at radius 2 is 1.90 bits per heavy atom. The fourth-order valence-corrected chi connectivity index (χ4v) is 2.94. The highest BCUT2D eigenvalue weighted by Crippen LogP contribution is 2.37. The zero-order chi connectivity index (χ0) is 13.9. The van der Waals surface area contributed by atoms with E-state index in [0.717, 1.165) is 11.5 Å². The lowest BCUT2D eigenvalue weighted by molar-refractivity contribution is 0.178. The maximum Gasteiger partial charge on any atom is 0.0830 e. The predicted octanol–water partition coefficient (Wildman–Crippen LogP) is 4.54. The molecule has 1 fully saturated rings. The molecule has 1 unspecified atom stereocenters. The van der Waals surface area contributed by atoms with Gasteiger partial charge in [-0.15, -0.1) is 0 Å². The van der Waals surface area contributed by atoms with Crippen LogP contribution in [-0.4, -0.2) is 5.11 Å². The topological polar surface area (TPSA) is 20.2 Å². The van der Waals surface area contributed by atoms with E-state index in [1.165, 1.54) is 36.0 Å². The summed E-state index contributed by atoms with van der Waals surface area (Å²) in [6.07, 6.45) is 4.24. The second-order valence-electron chi connectivity index (χ2n) is 6.01. The Morgan fingerprint density at radius 1 is 1.10 bits per heavy atom. The van der Waals surface area contributed by atoms with Crippen LogP contribution >= 0.6 is 0 Å². The molecular formula is C19H22O. The molecule has 2 aromatic rings. The van der Waals surface area contributed by atoms with Crippen LogP contribution < -0.4 is 0 Å². The molecule has 20 heavy (non-hydrogen) atoms. The average Bonchev–Trinajstić information content (AvgIpc) is 2.37. The fraction of sp³-hybridized carbons (Fsp3) is 0.368. The molecule has 104 valence electrons. The molecule has 0 radical (unpaired) electrons. The summed E-state index contributed by atoms with van der Waals surface area (Å²) in [7, 11) is 0. The first-order valence-corrected chi connectivity index (χ1v) is 7.56. The molecule has 0 aliphatic heterocycles. The highest BCUT2D eigenvalue weighted by Gasteiger charge is 2.20. The summed E-state index contributed by atoms with van der Waals surface area (Å²) in [6.45, 7) is 2.09. The maximum atomic E-state index is 10.5. The number of hydrogen-bond donors (Lipinski definition) is 1. The van der Waals surface area contributed by atoms with Crippen LogP contribution in [0.2, 0.25) is 0 Å². The first-order valence-electron chi connectivity index (χ1n) is 7.56. The Hall–Kier alpha value is -1.60. The Morgan fingerprint density at radius 3 is 2.60 bits per heavy atom. The monoisotopic (exact) mass is 266 g/mol. The molecule has 1 nitrogen and oxygen atoms in total. The van der Waals surface area contributed by atoms with Gasteiger partial charge in [0.15, 0.2) is 0 Å². The van der Waals surface area contributed by atoms with Crippen LogP contribution in [0.5, 0.6) is 0 Å². The van der Waals surface area contributed by atoms with E-state index in [9.17, 15) is 5.11 Å². The van der Waals surface area contributed by atoms with Crippen LogP contribution in [0.3, 0.4) is 0 Å². The minimum Gasteiger partial charge on any atom is -0.388 e. The van der Waals surface area contributed by atoms with Crippen molar-refractivity contribution < 1.29 is 5.11 Å². The summed E-state index contributed by atoms with van der Waals surface area (Å²) in [5, 5.41) is 10.5. The zero-order valence-corrected chi connectivity index (χ0v) is 12.0. The van der Waals surface area contributed by atoms with Gasteiger partial charge in [0.05, 0.1) is 6.10 Å². The molecule has 0 heterocycles. The molecule has 0 spiro atoms. The summed E-state index contributed by atoms with van der Waals surface area (Å²) in [6, 6.07) is 16.9. The van der Waals surface area contributed by atoms with E-state index in [-0.39, 0.29) is 0 Å². The third-order valence-corrected chi connectivity index (χ3v) is 4.38. The van der Waals surface area contributed by atoms with Crippen molar-refractivity contribution in [2.75, 3.05) is 0 Å². The lowest BCUT2D eigenvalue weighted by Crippen LogP contribution is -2.10. The smallest absolute Gasteiger partial charge is 0.0830 e. The van der Waals surface area contributed by atoms with Gasteiger partial charge in [0.1, 0.15) is 0 Å². The van der Waals surface area contributed by atoms with Crippen LogP contribution in [0, 0.1) is 6.92 Å². The molecule has 1 aliphatic carbocycles. The van der Waals surface area contributed by atoms with E-state index in [1.54, 1.807) is 0 Å². The Labute approximate surface area is 121 Å². The molecule has 1 N–H and O–H groups in total. The summed E-state index contributed by atoms with van der Waals surface area (Å²) in [5.41, 5.74) is 4.90. The van der Waals surface area contributed by atoms with Crippen molar-refractivity contribution in [1.29, 1.82) is 0 Å². The van der Waals surface area contributed by atoms with Gasteiger partial charge in [-0.3, -0.25) is 0 Å². The lowest BCUT2D eigenvalue weighted by atomic mass is 9.79. The first kappa shape index (κ1) is 13.4. The van der Waals surface area contributed by atoms with E-state index in [2.05, 4.69) is 49.4 Å². The summed E-state index contributed by atoms with van der Waals surface area (Å²) < 4.78 is 0. The normalized spacial score (nSPS) is 16.7. The van der Waals surface area contributed by atoms with E-state index in [0.29, 0.717) is 6.42 Å². The van der Waals surface area contributed by atoms with Crippen LogP contribution in [0.4, 0.5) is 0 Å². The highest BCUT2D eigenvalue weighted by molar-refractivity contribution is 5.31. The number of hydrogen-bond acceptors (Lipinski definition) is 1. The van der Waals surface area contributed by atoms with Gasteiger partial charge >= 0.3 is 0 Å². The largest absolute Gasteiger partial charge is 0.388 e. The third kappa shape index (κ3) is 2.94. The molecule has 0 bridgehead atoms. The third-order valence-electron chi connectivity index (χ3n) is 4.38. The Bertz CT molecular complexity index is 584. The van der Waals surface area contributed by atoms with Crippen molar-refractivity contribution in [3.63, 3.8) is 0 Å². The predicted molar refractivity (Wildman–Crippen MR) is 82.9 cm³/mol. The van der Waals surface area contributed by atoms with Gasteiger partial charge in [-0.2, -0.15) is 0 Å². The standard InChI is InChI=1S/C19H22O/c1-14-5-2-6-15(11-14)12-19(20)18-10-4-9-17(13-18)16-7-3-8-16/h2,4-6,9-11,13,16,19-20H,3,7-8,12H2,1H3. The van der Waals surface area contributed by atoms with Gasteiger partial charge in [-0.05, 0) is 42.4 Å². The molecule has 0 amide bonds. The number of aliphatic hydroxyl groups excluding tert-OH is 1. The van der Waals surface area contributed by atoms with Crippen molar-refractivity contribution in [3.05, 3.63) is 70.8 Å². The first-order chi connectivity index (χ1) is 9.72. The zero-order valence-electron chi connectivity index (χ0n) is 12.0. The molecular weight excluding hydrogens is 244 g/mol. The van der Waals surface area contributed by atoms with Crippen molar-refractivity contribution in [2.24, 2.45) is 0 Å². The summed E-state index contributed by atoms with van der Waals surface area (Å²) in [4.78, 5) is 0. The minimum atomic E-state index is -0.406. The maximum absolute atomic E-state index is 10.5. The van der Waals surface area contributed by atoms with Gasteiger partial charge in [-0.25, -0.2) is 0 Å². The van der Waals surface area contributed by atoms with Crippen molar-refractivity contribution in [1.82, 2.24) is 0 Å². The minimum absolute atomic E-state index is 0.406. The van der Waals surface area contributed by atoms with Crippen molar-refractivity contribution in [2.45, 2.75) is 44.6 Å². The van der Waals surface area contributed by atoms with Crippen LogP contribution in [0.15, 0.2) is 48.5 Å². The molecule has 0 aromatic heterocycles. The van der Waals surface area contributed by atoms with Crippen LogP contribution in [0.25, 0.3) is 0 Å². The van der Waals surface area contributed by atoms with E-state index in [1.807, 2.05) is 6.07 Å². The quantitative estimate of drug-likeness (QED) is 0.861. The number of benzene rings is 2. The van der Waals surface area contributed by atoms with Crippen molar-refractivity contribution in [3.8, 4) is 0 Å². The number of aliphatic hydroxyl groups is 1. The average molecular weight is 266 g/mol. The SMILES string of the molecule is Cc1cccc(CC(O)c2cccc(C3CCC3)c2)c1. The van der Waals surface area contributed by atoms with E-state index < -0.39 is 6.10 Å². The molecule has 0 saturated heterocycles. The Kier molecular flexibility index (Phi) is 3.88. The molecule has 2 aromatic carbocycles. The molecule has 1 saturated carbocycles. The molecule has 1 atom stereocenters. The van der Waals surface area contributed by atoms with Gasteiger partial charge in [-0.1, -0.05) is 60.5 Å². The molecule has 1 heteroatoms. The van der Waals surface area contributed by atoms with Crippen LogP contribution in [-0.2, 0) is 6.42 Å². The summed E-state index contributed by atoms with van der Waals surface area (Å²) in [5.74, 6) is 0.723. The highest BCUT2D eigenvalue weighted by atomic mass is 16.3. The van der Waals surface area contributed by atoms with Gasteiger partial charge < -0.3 is 5.11 Å². The van der Waals surface area contributed by atoms with Crippen LogP contribution in [0.1, 0.15) is 53.5 Å². The molecule has 3 rings (SSSR count). The Balaban J connectivity index is 1.74. The second-order valence-corrected chi connectivity index (χ2v) is 6.01. The fourth-order valence-electron chi connectivity index (χ4n) is 2.94. The number of aryl methyl sites for hydroxylation is 1. The second kappa shape index (κ2) is 5.80. The van der Waals surface area contributed by atoms with E-state index in [4.69, 9.17) is 0 Å². The van der Waals surface area contributed by atoms with Crippen molar-refractivity contribution >= 4 is 0 Å². The van der Waals surface area contributed by atoms with E-state index >= 15 is 0 Å². The van der Waals surface area contributed by atoms with Gasteiger partial charge in [0.2, 0.25) is 0 Å². The number of rotatable bonds is 4. The van der Waals surface area contributed by atoms with Gasteiger partial charge in [0, 0.05) is 6.42 Å².